The molecule has 1 unspecified atom stereocenters. The summed E-state index contributed by atoms with van der Waals surface area (Å²) in [5.74, 6) is -0.834. The van der Waals surface area contributed by atoms with Crippen LogP contribution >= 0.6 is 0 Å². The Kier molecular flexibility index (Phi) is 61.6. The maximum atomic E-state index is 12.9. The minimum Gasteiger partial charge on any atom is -0.462 e. The van der Waals surface area contributed by atoms with Crippen LogP contribution < -0.4 is 0 Å². The lowest BCUT2D eigenvalue weighted by molar-refractivity contribution is -0.167. The maximum absolute atomic E-state index is 12.9. The first-order valence-corrected chi connectivity index (χ1v) is 33.3. The number of allylic oxidation sites excluding steroid dienone is 4. The van der Waals surface area contributed by atoms with Gasteiger partial charge in [-0.15, -0.1) is 0 Å². The second-order valence-electron chi connectivity index (χ2n) is 22.7. The third-order valence-corrected chi connectivity index (χ3v) is 15.2. The van der Waals surface area contributed by atoms with E-state index in [9.17, 15) is 14.4 Å². The molecule has 0 aliphatic heterocycles. The summed E-state index contributed by atoms with van der Waals surface area (Å²) in [6, 6.07) is 0. The second-order valence-corrected chi connectivity index (χ2v) is 22.7. The lowest BCUT2D eigenvalue weighted by Gasteiger charge is -2.18. The van der Waals surface area contributed by atoms with Gasteiger partial charge in [0.2, 0.25) is 0 Å². The lowest BCUT2D eigenvalue weighted by atomic mass is 10.0. The van der Waals surface area contributed by atoms with Gasteiger partial charge in [-0.1, -0.05) is 328 Å². The van der Waals surface area contributed by atoms with Crippen molar-refractivity contribution in [1.82, 2.24) is 0 Å². The highest BCUT2D eigenvalue weighted by Crippen LogP contribution is 2.18. The van der Waals surface area contributed by atoms with Gasteiger partial charge in [-0.3, -0.25) is 14.4 Å². The van der Waals surface area contributed by atoms with E-state index in [1.54, 1.807) is 0 Å². The normalized spacial score (nSPS) is 12.1. The average molecular weight is 1040 g/mol. The standard InChI is InChI=1S/C68H128O6/c1-4-7-10-13-16-19-22-25-27-29-30-31-32-33-34-35-36-37-38-39-41-43-46-49-52-55-58-61-67(70)73-64-65(63-72-66(69)60-57-54-51-48-45-42-24-21-18-15-12-9-6-3)74-68(71)62-59-56-53-50-47-44-40-28-26-23-20-17-14-11-8-5-2/h22,25,29-30,65H,4-21,23-24,26-28,31-64H2,1-3H3/b25-22-,30-29-. The lowest BCUT2D eigenvalue weighted by Crippen LogP contribution is -2.30. The molecule has 0 saturated carbocycles. The molecule has 0 aromatic rings. The van der Waals surface area contributed by atoms with Crippen molar-refractivity contribution in [1.29, 1.82) is 0 Å². The van der Waals surface area contributed by atoms with E-state index < -0.39 is 6.10 Å². The molecule has 0 aliphatic carbocycles. The molecule has 0 amide bonds. The van der Waals surface area contributed by atoms with E-state index in [-0.39, 0.29) is 31.1 Å². The second kappa shape index (κ2) is 63.4. The quantitative estimate of drug-likeness (QED) is 0.0261. The molecule has 0 radical (unpaired) electrons. The summed E-state index contributed by atoms with van der Waals surface area (Å²) in [4.78, 5) is 38.3. The van der Waals surface area contributed by atoms with E-state index >= 15 is 0 Å². The Hall–Kier alpha value is -2.11. The average Bonchev–Trinajstić information content (AvgIpc) is 3.40. The number of carbonyl (C=O) groups excluding carboxylic acids is 3. The van der Waals surface area contributed by atoms with Gasteiger partial charge in [0.15, 0.2) is 6.10 Å². The van der Waals surface area contributed by atoms with Gasteiger partial charge in [-0.2, -0.15) is 0 Å². The molecule has 0 spiro atoms. The Labute approximate surface area is 462 Å². The van der Waals surface area contributed by atoms with Crippen LogP contribution in [-0.2, 0) is 28.6 Å². The molecular weight excluding hydrogens is 913 g/mol. The van der Waals surface area contributed by atoms with Crippen molar-refractivity contribution >= 4 is 17.9 Å². The van der Waals surface area contributed by atoms with Crippen LogP contribution in [0.5, 0.6) is 0 Å². The SMILES string of the molecule is CCCCCCC/C=C\C/C=C\CCCCCCCCCCCCCCCCCC(=O)OCC(COC(=O)CCCCCCCCCCCCCCC)OC(=O)CCCCCCCCCCCCCCCCCC. The largest absolute Gasteiger partial charge is 0.462 e. The summed E-state index contributed by atoms with van der Waals surface area (Å²) < 4.78 is 17.0. The van der Waals surface area contributed by atoms with Gasteiger partial charge in [-0.25, -0.2) is 0 Å². The Balaban J connectivity index is 4.19. The first-order chi connectivity index (χ1) is 36.5. The van der Waals surface area contributed by atoms with Crippen molar-refractivity contribution in [3.05, 3.63) is 24.3 Å². The maximum Gasteiger partial charge on any atom is 0.306 e. The fourth-order valence-corrected chi connectivity index (χ4v) is 10.2. The van der Waals surface area contributed by atoms with Gasteiger partial charge in [0.25, 0.3) is 0 Å². The van der Waals surface area contributed by atoms with Crippen LogP contribution in [0.2, 0.25) is 0 Å². The van der Waals surface area contributed by atoms with Gasteiger partial charge in [-0.05, 0) is 51.4 Å². The molecule has 0 saturated heterocycles. The summed E-state index contributed by atoms with van der Waals surface area (Å²) in [6.45, 7) is 6.70. The molecule has 0 N–H and O–H groups in total. The molecule has 6 nitrogen and oxygen atoms in total. The number of unbranched alkanes of at least 4 members (excludes halogenated alkanes) is 47. The molecule has 0 fully saturated rings. The van der Waals surface area contributed by atoms with Gasteiger partial charge in [0, 0.05) is 19.3 Å². The molecule has 0 bridgehead atoms. The molecular formula is C68H128O6. The van der Waals surface area contributed by atoms with E-state index in [0.29, 0.717) is 19.3 Å². The highest BCUT2D eigenvalue weighted by molar-refractivity contribution is 5.71. The molecule has 1 atom stereocenters. The van der Waals surface area contributed by atoms with Crippen molar-refractivity contribution in [3.8, 4) is 0 Å². The fourth-order valence-electron chi connectivity index (χ4n) is 10.2. The smallest absolute Gasteiger partial charge is 0.306 e. The Bertz CT molecular complexity index is 1190. The summed E-state index contributed by atoms with van der Waals surface area (Å²) in [7, 11) is 0. The molecule has 0 aliphatic rings. The number of carbonyl (C=O) groups is 3. The van der Waals surface area contributed by atoms with Crippen molar-refractivity contribution in [3.63, 3.8) is 0 Å². The van der Waals surface area contributed by atoms with Gasteiger partial charge < -0.3 is 14.2 Å². The fraction of sp³-hybridized carbons (Fsp3) is 0.897. The molecule has 436 valence electrons. The van der Waals surface area contributed by atoms with Crippen molar-refractivity contribution in [2.75, 3.05) is 13.2 Å². The van der Waals surface area contributed by atoms with E-state index in [2.05, 4.69) is 45.1 Å². The van der Waals surface area contributed by atoms with Crippen LogP contribution in [-0.4, -0.2) is 37.2 Å². The Morgan fingerprint density at radius 1 is 0.270 bits per heavy atom. The van der Waals surface area contributed by atoms with E-state index in [0.717, 1.165) is 64.2 Å². The predicted molar refractivity (Wildman–Crippen MR) is 321 cm³/mol. The zero-order valence-corrected chi connectivity index (χ0v) is 50.1. The van der Waals surface area contributed by atoms with Crippen molar-refractivity contribution in [2.45, 2.75) is 380 Å². The van der Waals surface area contributed by atoms with Crippen LogP contribution in [0, 0.1) is 0 Å². The molecule has 0 heterocycles. The van der Waals surface area contributed by atoms with Gasteiger partial charge in [0.1, 0.15) is 13.2 Å². The minimum absolute atomic E-state index is 0.0639. The third-order valence-electron chi connectivity index (χ3n) is 15.2. The van der Waals surface area contributed by atoms with Crippen LogP contribution in [0.1, 0.15) is 374 Å². The highest BCUT2D eigenvalue weighted by Gasteiger charge is 2.19. The summed E-state index contributed by atoms with van der Waals surface area (Å²) in [5.41, 5.74) is 0. The molecule has 74 heavy (non-hydrogen) atoms. The first-order valence-electron chi connectivity index (χ1n) is 33.3. The topological polar surface area (TPSA) is 78.9 Å². The zero-order valence-electron chi connectivity index (χ0n) is 50.1. The molecule has 6 heteroatoms. The van der Waals surface area contributed by atoms with Crippen molar-refractivity contribution < 1.29 is 28.6 Å². The Morgan fingerprint density at radius 3 is 0.743 bits per heavy atom. The van der Waals surface area contributed by atoms with E-state index in [1.165, 1.54) is 270 Å². The number of ether oxygens (including phenoxy) is 3. The highest BCUT2D eigenvalue weighted by atomic mass is 16.6. The first kappa shape index (κ1) is 71.9. The summed E-state index contributed by atoms with van der Waals surface area (Å²) >= 11 is 0. The van der Waals surface area contributed by atoms with Crippen LogP contribution in [0.25, 0.3) is 0 Å². The number of hydrogen-bond donors (Lipinski definition) is 0. The molecule has 0 rings (SSSR count). The van der Waals surface area contributed by atoms with Gasteiger partial charge in [0.05, 0.1) is 0 Å². The molecule has 0 aromatic heterocycles. The number of hydrogen-bond acceptors (Lipinski definition) is 6. The number of rotatable bonds is 62. The third kappa shape index (κ3) is 60.8. The zero-order chi connectivity index (χ0) is 53.6. The molecule has 0 aromatic carbocycles. The van der Waals surface area contributed by atoms with E-state index in [1.807, 2.05) is 0 Å². The van der Waals surface area contributed by atoms with Crippen LogP contribution in [0.15, 0.2) is 24.3 Å². The van der Waals surface area contributed by atoms with Crippen molar-refractivity contribution in [2.24, 2.45) is 0 Å². The van der Waals surface area contributed by atoms with Crippen LogP contribution in [0.4, 0.5) is 0 Å². The predicted octanol–water partition coefficient (Wildman–Crippen LogP) is 22.6. The summed E-state index contributed by atoms with van der Waals surface area (Å²) in [5, 5.41) is 0. The summed E-state index contributed by atoms with van der Waals surface area (Å²) in [6.07, 6.45) is 76.2. The Morgan fingerprint density at radius 2 is 0.486 bits per heavy atom. The van der Waals surface area contributed by atoms with E-state index in [4.69, 9.17) is 14.2 Å². The minimum atomic E-state index is -0.766. The number of esters is 3. The monoisotopic (exact) mass is 1040 g/mol. The van der Waals surface area contributed by atoms with Gasteiger partial charge >= 0.3 is 17.9 Å². The van der Waals surface area contributed by atoms with Crippen LogP contribution in [0.3, 0.4) is 0 Å².